The van der Waals surface area contributed by atoms with E-state index in [1.54, 1.807) is 0 Å². The largest absolute Gasteiger partial charge is 0.316 e. The third kappa shape index (κ3) is 2.75. The summed E-state index contributed by atoms with van der Waals surface area (Å²) in [4.78, 5) is 17.3. The number of hydrogen-bond donors (Lipinski definition) is 2. The number of hydrogen-bond acceptors (Lipinski definition) is 4. The molecule has 0 radical (unpaired) electrons. The van der Waals surface area contributed by atoms with Gasteiger partial charge < -0.3 is 11.1 Å². The molecule has 18 heavy (non-hydrogen) atoms. The van der Waals surface area contributed by atoms with Crippen molar-refractivity contribution in [1.82, 2.24) is 4.98 Å². The van der Waals surface area contributed by atoms with Crippen LogP contribution in [0.15, 0.2) is 30.3 Å². The number of benzene rings is 1. The lowest BCUT2D eigenvalue weighted by molar-refractivity contribution is -0.117. The van der Waals surface area contributed by atoms with Gasteiger partial charge in [-0.15, -0.1) is 11.3 Å². The zero-order chi connectivity index (χ0) is 13.1. The number of aromatic nitrogens is 1. The summed E-state index contributed by atoms with van der Waals surface area (Å²) in [5.74, 6) is -0.241. The summed E-state index contributed by atoms with van der Waals surface area (Å²) in [6.07, 6.45) is 0. The number of nitrogens with two attached hydrogens (primary N) is 1. The lowest BCUT2D eigenvalue weighted by Gasteiger charge is -2.10. The molecule has 2 rings (SSSR count). The first kappa shape index (κ1) is 12.7. The standard InChI is InChI=1S/C13H15N3OS/c1-8-9(2)18-13(15-8)16-12(17)11(14)10-6-4-3-5-7-10/h3-7,11H,14H2,1-2H3,(H,15,16,17)/t11-/m1/s1. The number of carbonyl (C=O) groups is 1. The molecule has 0 aliphatic carbocycles. The Kier molecular flexibility index (Phi) is 3.74. The first-order chi connectivity index (χ1) is 8.58. The maximum atomic E-state index is 12.0. The molecule has 0 spiro atoms. The van der Waals surface area contributed by atoms with Crippen molar-refractivity contribution in [2.24, 2.45) is 5.73 Å². The second-order valence-electron chi connectivity index (χ2n) is 4.04. The average Bonchev–Trinajstić information content (AvgIpc) is 2.68. The number of carbonyl (C=O) groups excluding carboxylic acids is 1. The maximum absolute atomic E-state index is 12.0. The number of thiazole rings is 1. The Hall–Kier alpha value is -1.72. The van der Waals surface area contributed by atoms with Crippen LogP contribution in [0.5, 0.6) is 0 Å². The van der Waals surface area contributed by atoms with Gasteiger partial charge in [-0.25, -0.2) is 4.98 Å². The number of rotatable bonds is 3. The normalized spacial score (nSPS) is 12.2. The van der Waals surface area contributed by atoms with Crippen molar-refractivity contribution in [2.75, 3.05) is 5.32 Å². The van der Waals surface area contributed by atoms with Gasteiger partial charge in [-0.1, -0.05) is 30.3 Å². The molecular formula is C13H15N3OS. The van der Waals surface area contributed by atoms with E-state index in [-0.39, 0.29) is 5.91 Å². The summed E-state index contributed by atoms with van der Waals surface area (Å²) in [7, 11) is 0. The summed E-state index contributed by atoms with van der Waals surface area (Å²) in [5.41, 5.74) is 7.62. The Morgan fingerprint density at radius 2 is 2.00 bits per heavy atom. The van der Waals surface area contributed by atoms with Gasteiger partial charge in [-0.2, -0.15) is 0 Å². The van der Waals surface area contributed by atoms with Crippen molar-refractivity contribution in [2.45, 2.75) is 19.9 Å². The highest BCUT2D eigenvalue weighted by atomic mass is 32.1. The zero-order valence-corrected chi connectivity index (χ0v) is 11.1. The Bertz CT molecular complexity index is 531. The average molecular weight is 261 g/mol. The molecule has 1 heterocycles. The van der Waals surface area contributed by atoms with Crippen LogP contribution in [0.2, 0.25) is 0 Å². The second kappa shape index (κ2) is 5.29. The molecule has 94 valence electrons. The summed E-state index contributed by atoms with van der Waals surface area (Å²) in [5, 5.41) is 3.34. The Balaban J connectivity index is 2.08. The molecule has 1 aromatic carbocycles. The van der Waals surface area contributed by atoms with E-state index in [0.29, 0.717) is 5.13 Å². The molecule has 0 unspecified atom stereocenters. The van der Waals surface area contributed by atoms with E-state index in [1.807, 2.05) is 44.2 Å². The van der Waals surface area contributed by atoms with Crippen LogP contribution in [0.1, 0.15) is 22.2 Å². The van der Waals surface area contributed by atoms with Gasteiger partial charge in [0.25, 0.3) is 0 Å². The monoisotopic (exact) mass is 261 g/mol. The van der Waals surface area contributed by atoms with Crippen molar-refractivity contribution < 1.29 is 4.79 Å². The minimum atomic E-state index is -0.671. The lowest BCUT2D eigenvalue weighted by Crippen LogP contribution is -2.27. The van der Waals surface area contributed by atoms with Crippen LogP contribution in [0, 0.1) is 13.8 Å². The molecule has 4 nitrogen and oxygen atoms in total. The van der Waals surface area contributed by atoms with Crippen LogP contribution in [-0.2, 0) is 4.79 Å². The number of amides is 1. The van der Waals surface area contributed by atoms with Gasteiger partial charge in [0.15, 0.2) is 5.13 Å². The first-order valence-corrected chi connectivity index (χ1v) is 6.45. The topological polar surface area (TPSA) is 68.0 Å². The van der Waals surface area contributed by atoms with Crippen molar-refractivity contribution >= 4 is 22.4 Å². The molecule has 0 saturated heterocycles. The van der Waals surface area contributed by atoms with Crippen LogP contribution < -0.4 is 11.1 Å². The van der Waals surface area contributed by atoms with Crippen molar-refractivity contribution in [1.29, 1.82) is 0 Å². The molecule has 0 aliphatic heterocycles. The van der Waals surface area contributed by atoms with E-state index < -0.39 is 6.04 Å². The third-order valence-corrected chi connectivity index (χ3v) is 3.69. The maximum Gasteiger partial charge on any atom is 0.247 e. The van der Waals surface area contributed by atoms with Gasteiger partial charge in [0.05, 0.1) is 5.69 Å². The molecule has 5 heteroatoms. The minimum absolute atomic E-state index is 0.241. The van der Waals surface area contributed by atoms with E-state index in [0.717, 1.165) is 16.1 Å². The highest BCUT2D eigenvalue weighted by molar-refractivity contribution is 7.15. The van der Waals surface area contributed by atoms with E-state index in [4.69, 9.17) is 5.73 Å². The Morgan fingerprint density at radius 3 is 2.56 bits per heavy atom. The molecule has 0 saturated carbocycles. The summed E-state index contributed by atoms with van der Waals surface area (Å²) >= 11 is 1.46. The predicted octanol–water partition coefficient (Wildman–Crippen LogP) is 2.40. The second-order valence-corrected chi connectivity index (χ2v) is 5.24. The number of nitrogens with zero attached hydrogens (tertiary/aromatic N) is 1. The summed E-state index contributed by atoms with van der Waals surface area (Å²) in [6.45, 7) is 3.89. The van der Waals surface area contributed by atoms with E-state index in [9.17, 15) is 4.79 Å². The molecule has 1 amide bonds. The molecular weight excluding hydrogens is 246 g/mol. The van der Waals surface area contributed by atoms with Crippen LogP contribution in [0.3, 0.4) is 0 Å². The van der Waals surface area contributed by atoms with Crippen LogP contribution in [0.4, 0.5) is 5.13 Å². The SMILES string of the molecule is Cc1nc(NC(=O)[C@H](N)c2ccccc2)sc1C. The fraction of sp³-hybridized carbons (Fsp3) is 0.231. The van der Waals surface area contributed by atoms with Gasteiger partial charge in [0.1, 0.15) is 6.04 Å². The van der Waals surface area contributed by atoms with Crippen molar-refractivity contribution in [3.8, 4) is 0 Å². The highest BCUT2D eigenvalue weighted by Gasteiger charge is 2.17. The minimum Gasteiger partial charge on any atom is -0.316 e. The van der Waals surface area contributed by atoms with Gasteiger partial charge in [0.2, 0.25) is 5.91 Å². The number of anilines is 1. The predicted molar refractivity (Wildman–Crippen MR) is 73.6 cm³/mol. The van der Waals surface area contributed by atoms with Crippen LogP contribution in [0.25, 0.3) is 0 Å². The van der Waals surface area contributed by atoms with Crippen molar-refractivity contribution in [3.05, 3.63) is 46.5 Å². The van der Waals surface area contributed by atoms with E-state index >= 15 is 0 Å². The van der Waals surface area contributed by atoms with Crippen LogP contribution in [-0.4, -0.2) is 10.9 Å². The molecule has 1 atom stereocenters. The van der Waals surface area contributed by atoms with Crippen LogP contribution >= 0.6 is 11.3 Å². The molecule has 0 aliphatic rings. The summed E-state index contributed by atoms with van der Waals surface area (Å²) in [6, 6.07) is 8.61. The molecule has 1 aromatic heterocycles. The quantitative estimate of drug-likeness (QED) is 0.891. The van der Waals surface area contributed by atoms with Gasteiger partial charge in [-0.05, 0) is 19.4 Å². The third-order valence-electron chi connectivity index (χ3n) is 2.70. The Morgan fingerprint density at radius 1 is 1.33 bits per heavy atom. The van der Waals surface area contributed by atoms with E-state index in [1.165, 1.54) is 11.3 Å². The smallest absolute Gasteiger partial charge is 0.247 e. The molecule has 3 N–H and O–H groups in total. The zero-order valence-electron chi connectivity index (χ0n) is 10.3. The number of nitrogens with one attached hydrogen (secondary N) is 1. The molecule has 0 fully saturated rings. The van der Waals surface area contributed by atoms with Crippen molar-refractivity contribution in [3.63, 3.8) is 0 Å². The van der Waals surface area contributed by atoms with Gasteiger partial charge >= 0.3 is 0 Å². The van der Waals surface area contributed by atoms with E-state index in [2.05, 4.69) is 10.3 Å². The number of aryl methyl sites for hydroxylation is 2. The summed E-state index contributed by atoms with van der Waals surface area (Å²) < 4.78 is 0. The Labute approximate surface area is 110 Å². The highest BCUT2D eigenvalue weighted by Crippen LogP contribution is 2.22. The first-order valence-electron chi connectivity index (χ1n) is 5.63. The fourth-order valence-corrected chi connectivity index (χ4v) is 2.34. The lowest BCUT2D eigenvalue weighted by atomic mass is 10.1. The molecule has 2 aromatic rings. The van der Waals surface area contributed by atoms with Gasteiger partial charge in [-0.3, -0.25) is 4.79 Å². The fourth-order valence-electron chi connectivity index (χ4n) is 1.52. The molecule has 0 bridgehead atoms. The van der Waals surface area contributed by atoms with Gasteiger partial charge in [0, 0.05) is 4.88 Å².